The number of carboxylic acid groups (broad SMARTS) is 1. The third kappa shape index (κ3) is 4.32. The number of aliphatic carboxylic acids is 1. The van der Waals surface area contributed by atoms with Crippen LogP contribution in [0.3, 0.4) is 0 Å². The van der Waals surface area contributed by atoms with Gasteiger partial charge in [-0.25, -0.2) is 4.39 Å². The number of carboxylic acids is 1. The summed E-state index contributed by atoms with van der Waals surface area (Å²) in [5, 5.41) is 20.6. The van der Waals surface area contributed by atoms with Gasteiger partial charge in [0.05, 0.1) is 12.1 Å². The second kappa shape index (κ2) is 8.36. The van der Waals surface area contributed by atoms with Gasteiger partial charge >= 0.3 is 5.97 Å². The van der Waals surface area contributed by atoms with Crippen LogP contribution in [0.5, 0.6) is 0 Å². The smallest absolute Gasteiger partial charge is 0.305 e. The summed E-state index contributed by atoms with van der Waals surface area (Å²) in [5.74, 6) is -1.55. The van der Waals surface area contributed by atoms with Crippen LogP contribution in [0.25, 0.3) is 11.1 Å². The monoisotopic (exact) mass is 410 g/mol. The fourth-order valence-electron chi connectivity index (χ4n) is 3.15. The van der Waals surface area contributed by atoms with E-state index in [1.807, 2.05) is 50.2 Å². The van der Waals surface area contributed by atoms with Crippen LogP contribution >= 0.6 is 0 Å². The molecule has 0 radical (unpaired) electrons. The Balaban J connectivity index is 1.89. The number of benzene rings is 2. The third-order valence-electron chi connectivity index (χ3n) is 5.02. The molecule has 8 heteroatoms. The molecule has 0 unspecified atom stereocenters. The van der Waals surface area contributed by atoms with Gasteiger partial charge in [-0.3, -0.25) is 15.1 Å². The maximum absolute atomic E-state index is 14.8. The highest BCUT2D eigenvalue weighted by Gasteiger charge is 2.29. The minimum absolute atomic E-state index is 0.0276. The lowest BCUT2D eigenvalue weighted by atomic mass is 9.81. The Morgan fingerprint density at radius 3 is 2.53 bits per heavy atom. The summed E-state index contributed by atoms with van der Waals surface area (Å²) in [7, 11) is 0. The van der Waals surface area contributed by atoms with E-state index in [2.05, 4.69) is 5.16 Å². The van der Waals surface area contributed by atoms with E-state index in [-0.39, 0.29) is 30.6 Å². The molecular weight excluding hydrogens is 387 g/mol. The molecule has 0 aliphatic rings. The number of nitrogens with one attached hydrogen (secondary N) is 1. The zero-order chi connectivity index (χ0) is 21.9. The largest absolute Gasteiger partial charge is 0.481 e. The van der Waals surface area contributed by atoms with Crippen LogP contribution in [0.1, 0.15) is 31.5 Å². The molecule has 0 fully saturated rings. The number of hydrogen-bond acceptors (Lipinski definition) is 4. The molecule has 0 aliphatic heterocycles. The van der Waals surface area contributed by atoms with Crippen molar-refractivity contribution < 1.29 is 18.8 Å². The maximum atomic E-state index is 14.8. The molecule has 0 spiro atoms. The number of anilines is 1. The van der Waals surface area contributed by atoms with Crippen molar-refractivity contribution in [2.24, 2.45) is 5.73 Å². The van der Waals surface area contributed by atoms with Gasteiger partial charge in [0.1, 0.15) is 5.82 Å². The van der Waals surface area contributed by atoms with Gasteiger partial charge < -0.3 is 15.4 Å². The fraction of sp³-hybridized carbons (Fsp3) is 0.227. The number of hydrogen-bond donors (Lipinski definition) is 3. The van der Waals surface area contributed by atoms with E-state index >= 15 is 0 Å². The van der Waals surface area contributed by atoms with Crippen molar-refractivity contribution in [1.29, 1.82) is 5.41 Å². The van der Waals surface area contributed by atoms with Gasteiger partial charge in [0.15, 0.2) is 5.96 Å². The summed E-state index contributed by atoms with van der Waals surface area (Å²) < 4.78 is 20.2. The van der Waals surface area contributed by atoms with E-state index in [4.69, 9.17) is 20.8 Å². The first-order chi connectivity index (χ1) is 14.2. The molecule has 2 aromatic carbocycles. The van der Waals surface area contributed by atoms with Crippen LogP contribution in [0.15, 0.2) is 59.1 Å². The Labute approximate surface area is 173 Å². The van der Waals surface area contributed by atoms with Crippen LogP contribution < -0.4 is 10.6 Å². The molecule has 3 rings (SSSR count). The molecule has 3 aromatic rings. The van der Waals surface area contributed by atoms with Crippen molar-refractivity contribution in [1.82, 2.24) is 5.16 Å². The van der Waals surface area contributed by atoms with Crippen LogP contribution in [-0.4, -0.2) is 28.7 Å². The zero-order valence-electron chi connectivity index (χ0n) is 16.7. The molecule has 0 saturated heterocycles. The lowest BCUT2D eigenvalue weighted by molar-refractivity contribution is -0.136. The van der Waals surface area contributed by atoms with Crippen molar-refractivity contribution in [2.75, 3.05) is 11.4 Å². The van der Waals surface area contributed by atoms with Crippen LogP contribution in [-0.2, 0) is 10.2 Å². The second-order valence-electron chi connectivity index (χ2n) is 7.42. The highest BCUT2D eigenvalue weighted by Crippen LogP contribution is 2.35. The van der Waals surface area contributed by atoms with Crippen LogP contribution in [0.4, 0.5) is 10.3 Å². The van der Waals surface area contributed by atoms with E-state index in [1.54, 1.807) is 12.1 Å². The molecule has 0 saturated carbocycles. The highest BCUT2D eigenvalue weighted by molar-refractivity contribution is 5.91. The second-order valence-corrected chi connectivity index (χ2v) is 7.42. The number of halogens is 1. The first kappa shape index (κ1) is 21.0. The van der Waals surface area contributed by atoms with E-state index < -0.39 is 11.4 Å². The summed E-state index contributed by atoms with van der Waals surface area (Å²) >= 11 is 0. The summed E-state index contributed by atoms with van der Waals surface area (Å²) in [6.45, 7) is 3.72. The average molecular weight is 410 g/mol. The van der Waals surface area contributed by atoms with Crippen LogP contribution in [0, 0.1) is 11.2 Å². The van der Waals surface area contributed by atoms with E-state index in [0.29, 0.717) is 16.8 Å². The minimum atomic E-state index is -1.02. The van der Waals surface area contributed by atoms with Crippen molar-refractivity contribution in [3.63, 3.8) is 0 Å². The normalized spacial score (nSPS) is 11.3. The van der Waals surface area contributed by atoms with Gasteiger partial charge in [0.25, 0.3) is 0 Å². The van der Waals surface area contributed by atoms with E-state index in [0.717, 1.165) is 5.56 Å². The molecule has 1 aromatic heterocycles. The summed E-state index contributed by atoms with van der Waals surface area (Å²) in [6, 6.07) is 15.9. The van der Waals surface area contributed by atoms with Crippen molar-refractivity contribution in [2.45, 2.75) is 25.7 Å². The Morgan fingerprint density at radius 1 is 1.23 bits per heavy atom. The number of nitrogens with two attached hydrogens (primary N) is 1. The average Bonchev–Trinajstić information content (AvgIpc) is 3.19. The number of aromatic nitrogens is 1. The Kier molecular flexibility index (Phi) is 5.86. The molecule has 0 atom stereocenters. The standard InChI is InChI=1S/C22H23FN4O3/c1-22(2,15-8-9-16(17(23)12-15)14-6-4-3-5-7-14)18-13-19(30-26-18)27(21(24)25)11-10-20(28)29/h3-9,12-13H,10-11H2,1-2H3,(H3,24,25)(H,28,29). The number of carbonyl (C=O) groups is 1. The van der Waals surface area contributed by atoms with Crippen molar-refractivity contribution >= 4 is 17.8 Å². The Hall–Kier alpha value is -3.68. The van der Waals surface area contributed by atoms with Gasteiger partial charge in [-0.15, -0.1) is 0 Å². The SMILES string of the molecule is CC(C)(c1ccc(-c2ccccc2)c(F)c1)c1cc(N(CCC(=O)O)C(=N)N)on1. The van der Waals surface area contributed by atoms with Gasteiger partial charge in [0, 0.05) is 23.6 Å². The fourth-order valence-corrected chi connectivity index (χ4v) is 3.15. The quantitative estimate of drug-likeness (QED) is 0.401. The first-order valence-corrected chi connectivity index (χ1v) is 9.36. The molecule has 156 valence electrons. The number of guanidine groups is 1. The lowest BCUT2D eigenvalue weighted by Gasteiger charge is -2.23. The third-order valence-corrected chi connectivity index (χ3v) is 5.02. The van der Waals surface area contributed by atoms with Gasteiger partial charge in [-0.2, -0.15) is 0 Å². The van der Waals surface area contributed by atoms with E-state index in [1.165, 1.54) is 11.0 Å². The Bertz CT molecular complexity index is 1060. The maximum Gasteiger partial charge on any atom is 0.305 e. The summed E-state index contributed by atoms with van der Waals surface area (Å²) in [4.78, 5) is 12.1. The molecule has 0 bridgehead atoms. The number of nitrogens with zero attached hydrogens (tertiary/aromatic N) is 2. The van der Waals surface area contributed by atoms with Gasteiger partial charge in [-0.1, -0.05) is 61.5 Å². The summed E-state index contributed by atoms with van der Waals surface area (Å²) in [6.07, 6.45) is -0.217. The molecule has 4 N–H and O–H groups in total. The topological polar surface area (TPSA) is 116 Å². The predicted molar refractivity (Wildman–Crippen MR) is 112 cm³/mol. The Morgan fingerprint density at radius 2 is 1.93 bits per heavy atom. The molecule has 0 amide bonds. The highest BCUT2D eigenvalue weighted by atomic mass is 19.1. The minimum Gasteiger partial charge on any atom is -0.481 e. The number of rotatable bonds is 7. The summed E-state index contributed by atoms with van der Waals surface area (Å²) in [5.41, 5.74) is 7.35. The zero-order valence-corrected chi connectivity index (χ0v) is 16.7. The molecular formula is C22H23FN4O3. The first-order valence-electron chi connectivity index (χ1n) is 9.36. The van der Waals surface area contributed by atoms with Crippen LogP contribution in [0.2, 0.25) is 0 Å². The van der Waals surface area contributed by atoms with Gasteiger partial charge in [-0.05, 0) is 17.2 Å². The van der Waals surface area contributed by atoms with Crippen molar-refractivity contribution in [3.05, 3.63) is 71.7 Å². The molecule has 0 aliphatic carbocycles. The molecule has 30 heavy (non-hydrogen) atoms. The molecule has 7 nitrogen and oxygen atoms in total. The predicted octanol–water partition coefficient (Wildman–Crippen LogP) is 3.98. The van der Waals surface area contributed by atoms with E-state index in [9.17, 15) is 9.18 Å². The lowest BCUT2D eigenvalue weighted by Crippen LogP contribution is -2.37. The van der Waals surface area contributed by atoms with Crippen molar-refractivity contribution in [3.8, 4) is 11.1 Å². The molecule has 1 heterocycles. The van der Waals surface area contributed by atoms with Gasteiger partial charge in [0.2, 0.25) is 5.88 Å².